The molecule has 0 aromatic heterocycles. The second-order valence-electron chi connectivity index (χ2n) is 9.73. The highest BCUT2D eigenvalue weighted by Crippen LogP contribution is 2.34. The predicted octanol–water partition coefficient (Wildman–Crippen LogP) is 6.06. The zero-order valence-electron chi connectivity index (χ0n) is 20.8. The van der Waals surface area contributed by atoms with Crippen molar-refractivity contribution in [2.24, 2.45) is 11.8 Å². The van der Waals surface area contributed by atoms with Gasteiger partial charge >= 0.3 is 5.97 Å². The van der Waals surface area contributed by atoms with Crippen LogP contribution in [0.1, 0.15) is 67.3 Å². The van der Waals surface area contributed by atoms with Gasteiger partial charge < -0.3 is 15.0 Å². The molecule has 1 heterocycles. The number of hydrogen-bond donors (Lipinski definition) is 1. The minimum atomic E-state index is -0.930. The monoisotopic (exact) mass is 576 g/mol. The molecule has 1 N–H and O–H groups in total. The van der Waals surface area contributed by atoms with Gasteiger partial charge in [-0.3, -0.25) is 14.4 Å². The van der Waals surface area contributed by atoms with E-state index in [1.54, 1.807) is 19.1 Å². The summed E-state index contributed by atoms with van der Waals surface area (Å²) in [4.78, 5) is 39.6. The maximum atomic E-state index is 14.0. The Morgan fingerprint density at radius 2 is 1.68 bits per heavy atom. The highest BCUT2D eigenvalue weighted by Gasteiger charge is 2.35. The SMILES string of the molecule is CCOC(=O)[C@@H]1CCC[C@H](C(=O)N2CCC(c3ccc(NC(=O)c4cc(Br)c(F)cc4F)cc3)CC2)C1. The van der Waals surface area contributed by atoms with E-state index in [9.17, 15) is 23.2 Å². The number of nitrogens with zero attached hydrogens (tertiary/aromatic N) is 1. The summed E-state index contributed by atoms with van der Waals surface area (Å²) in [6.45, 7) is 3.49. The smallest absolute Gasteiger partial charge is 0.308 e. The van der Waals surface area contributed by atoms with Crippen molar-refractivity contribution < 1.29 is 27.9 Å². The fourth-order valence-electron chi connectivity index (χ4n) is 5.31. The maximum absolute atomic E-state index is 14.0. The van der Waals surface area contributed by atoms with Crippen molar-refractivity contribution in [3.63, 3.8) is 0 Å². The van der Waals surface area contributed by atoms with Crippen LogP contribution >= 0.6 is 15.9 Å². The maximum Gasteiger partial charge on any atom is 0.308 e. The molecular weight excluding hydrogens is 546 g/mol. The van der Waals surface area contributed by atoms with E-state index in [0.717, 1.165) is 43.7 Å². The van der Waals surface area contributed by atoms with Crippen LogP contribution in [0.4, 0.5) is 14.5 Å². The Kier molecular flexibility index (Phi) is 8.95. The van der Waals surface area contributed by atoms with Crippen molar-refractivity contribution >= 4 is 39.4 Å². The quantitative estimate of drug-likeness (QED) is 0.335. The van der Waals surface area contributed by atoms with Crippen molar-refractivity contribution in [3.8, 4) is 0 Å². The van der Waals surface area contributed by atoms with Crippen molar-refractivity contribution in [3.05, 3.63) is 63.6 Å². The number of anilines is 1. The van der Waals surface area contributed by atoms with E-state index in [2.05, 4.69) is 21.2 Å². The Hall–Kier alpha value is -2.81. The van der Waals surface area contributed by atoms with E-state index in [1.165, 1.54) is 0 Å². The highest BCUT2D eigenvalue weighted by atomic mass is 79.9. The summed E-state index contributed by atoms with van der Waals surface area (Å²) in [5.41, 5.74) is 1.37. The molecule has 0 spiro atoms. The first-order valence-corrected chi connectivity index (χ1v) is 13.6. The standard InChI is InChI=1S/C28H31BrF2N2O4/c1-2-37-28(36)20-5-3-4-19(14-20)27(35)33-12-10-18(11-13-33)17-6-8-21(9-7-17)32-26(34)22-15-23(29)25(31)16-24(22)30/h6-9,15-16,18-20H,2-5,10-14H2,1H3,(H,32,34)/t19-,20+/m0/s1. The van der Waals surface area contributed by atoms with Crippen LogP contribution < -0.4 is 5.32 Å². The Morgan fingerprint density at radius 3 is 2.35 bits per heavy atom. The van der Waals surface area contributed by atoms with Crippen molar-refractivity contribution in [2.75, 3.05) is 25.0 Å². The third-order valence-corrected chi connectivity index (χ3v) is 7.95. The molecular formula is C28H31BrF2N2O4. The molecule has 2 aromatic carbocycles. The van der Waals surface area contributed by atoms with Crippen LogP contribution in [0.5, 0.6) is 0 Å². The predicted molar refractivity (Wildman–Crippen MR) is 139 cm³/mol. The number of halogens is 3. The largest absolute Gasteiger partial charge is 0.466 e. The first-order valence-electron chi connectivity index (χ1n) is 12.8. The topological polar surface area (TPSA) is 75.7 Å². The number of hydrogen-bond acceptors (Lipinski definition) is 4. The van der Waals surface area contributed by atoms with Crippen LogP contribution in [0.25, 0.3) is 0 Å². The van der Waals surface area contributed by atoms with E-state index in [4.69, 9.17) is 4.74 Å². The van der Waals surface area contributed by atoms with Gasteiger partial charge in [0.2, 0.25) is 5.91 Å². The number of rotatable bonds is 6. The fourth-order valence-corrected chi connectivity index (χ4v) is 5.66. The molecule has 1 saturated heterocycles. The average molecular weight is 577 g/mol. The number of likely N-dealkylation sites (tertiary alicyclic amines) is 1. The molecule has 6 nitrogen and oxygen atoms in total. The fraction of sp³-hybridized carbons (Fsp3) is 0.464. The highest BCUT2D eigenvalue weighted by molar-refractivity contribution is 9.10. The van der Waals surface area contributed by atoms with Gasteiger partial charge in [-0.15, -0.1) is 0 Å². The molecule has 0 unspecified atom stereocenters. The minimum absolute atomic E-state index is 0.0153. The number of esters is 1. The van der Waals surface area contributed by atoms with Gasteiger partial charge in [0, 0.05) is 30.8 Å². The Bertz CT molecular complexity index is 1150. The Morgan fingerprint density at radius 1 is 1.00 bits per heavy atom. The number of carbonyl (C=O) groups is 3. The Labute approximate surface area is 223 Å². The lowest BCUT2D eigenvalue weighted by molar-refractivity contribution is -0.151. The average Bonchev–Trinajstić information content (AvgIpc) is 2.91. The normalized spacial score (nSPS) is 20.4. The lowest BCUT2D eigenvalue weighted by Crippen LogP contribution is -2.43. The number of nitrogens with one attached hydrogen (secondary N) is 1. The molecule has 198 valence electrons. The number of benzene rings is 2. The second-order valence-corrected chi connectivity index (χ2v) is 10.6. The van der Waals surface area contributed by atoms with Gasteiger partial charge in [0.15, 0.2) is 0 Å². The molecule has 2 aromatic rings. The number of amides is 2. The second kappa shape index (κ2) is 12.2. The van der Waals surface area contributed by atoms with Gasteiger partial charge in [-0.2, -0.15) is 0 Å². The van der Waals surface area contributed by atoms with Crippen LogP contribution in [-0.2, 0) is 14.3 Å². The summed E-state index contributed by atoms with van der Waals surface area (Å²) in [5.74, 6) is -2.41. The molecule has 1 aliphatic carbocycles. The molecule has 37 heavy (non-hydrogen) atoms. The zero-order chi connectivity index (χ0) is 26.5. The third kappa shape index (κ3) is 6.55. The summed E-state index contributed by atoms with van der Waals surface area (Å²) >= 11 is 2.97. The van der Waals surface area contributed by atoms with E-state index in [1.807, 2.05) is 17.0 Å². The molecule has 2 amide bonds. The molecule has 1 saturated carbocycles. The number of carbonyl (C=O) groups excluding carboxylic acids is 3. The van der Waals surface area contributed by atoms with E-state index in [-0.39, 0.29) is 39.7 Å². The minimum Gasteiger partial charge on any atom is -0.466 e. The van der Waals surface area contributed by atoms with Gasteiger partial charge in [0.25, 0.3) is 5.91 Å². The van der Waals surface area contributed by atoms with Crippen LogP contribution in [0, 0.1) is 23.5 Å². The van der Waals surface area contributed by atoms with Crippen LogP contribution in [0.15, 0.2) is 40.9 Å². The van der Waals surface area contributed by atoms with Crippen molar-refractivity contribution in [1.29, 1.82) is 0 Å². The van der Waals surface area contributed by atoms with E-state index in [0.29, 0.717) is 37.9 Å². The molecule has 0 bridgehead atoms. The van der Waals surface area contributed by atoms with Gasteiger partial charge in [-0.25, -0.2) is 8.78 Å². The molecule has 9 heteroatoms. The van der Waals surface area contributed by atoms with Gasteiger partial charge in [-0.05, 0) is 84.6 Å². The lowest BCUT2D eigenvalue weighted by atomic mass is 9.80. The molecule has 1 aliphatic heterocycles. The summed E-state index contributed by atoms with van der Waals surface area (Å²) in [7, 11) is 0. The molecule has 2 fully saturated rings. The third-order valence-electron chi connectivity index (χ3n) is 7.34. The summed E-state index contributed by atoms with van der Waals surface area (Å²) < 4.78 is 32.6. The summed E-state index contributed by atoms with van der Waals surface area (Å²) in [6.07, 6.45) is 4.71. The van der Waals surface area contributed by atoms with Gasteiger partial charge in [-0.1, -0.05) is 18.6 Å². The van der Waals surface area contributed by atoms with Gasteiger partial charge in [0.1, 0.15) is 11.6 Å². The molecule has 2 atom stereocenters. The first-order chi connectivity index (χ1) is 17.8. The number of piperidine rings is 1. The van der Waals surface area contributed by atoms with Crippen LogP contribution in [-0.4, -0.2) is 42.4 Å². The van der Waals surface area contributed by atoms with E-state index >= 15 is 0 Å². The van der Waals surface area contributed by atoms with Crippen molar-refractivity contribution in [1.82, 2.24) is 4.90 Å². The van der Waals surface area contributed by atoms with Crippen molar-refractivity contribution in [2.45, 2.75) is 51.4 Å². The zero-order valence-corrected chi connectivity index (χ0v) is 22.4. The van der Waals surface area contributed by atoms with E-state index < -0.39 is 17.5 Å². The number of ether oxygens (including phenoxy) is 1. The molecule has 2 aliphatic rings. The van der Waals surface area contributed by atoms with Crippen LogP contribution in [0.2, 0.25) is 0 Å². The molecule has 4 rings (SSSR count). The summed E-state index contributed by atoms with van der Waals surface area (Å²) in [5, 5.41) is 2.65. The van der Waals surface area contributed by atoms with Crippen LogP contribution in [0.3, 0.4) is 0 Å². The van der Waals surface area contributed by atoms with Gasteiger partial charge in [0.05, 0.1) is 22.6 Å². The first kappa shape index (κ1) is 27.2. The summed E-state index contributed by atoms with van der Waals surface area (Å²) in [6, 6.07) is 9.18. The molecule has 0 radical (unpaired) electrons. The lowest BCUT2D eigenvalue weighted by Gasteiger charge is -2.36. The Balaban J connectivity index is 1.30.